The third-order valence-electron chi connectivity index (χ3n) is 6.92. The Balaban J connectivity index is 0.00000210. The van der Waals surface area contributed by atoms with Crippen molar-refractivity contribution in [3.8, 4) is 0 Å². The average molecular weight is 490 g/mol. The molecule has 0 aromatic heterocycles. The quantitative estimate of drug-likeness (QED) is 0.362. The number of hydrogen-bond donors (Lipinski definition) is 2. The maximum absolute atomic E-state index is 12.2. The maximum atomic E-state index is 12.2. The Hall–Kier alpha value is -0.570. The second kappa shape index (κ2) is 8.43. The van der Waals surface area contributed by atoms with Crippen molar-refractivity contribution in [1.29, 1.82) is 0 Å². The third-order valence-corrected chi connectivity index (χ3v) is 6.92. The molecule has 4 rings (SSSR count). The zero-order valence-electron chi connectivity index (χ0n) is 16.9. The Bertz CT molecular complexity index is 570. The van der Waals surface area contributed by atoms with Gasteiger partial charge < -0.3 is 20.3 Å². The molecule has 0 bridgehead atoms. The number of fused-ring (bicyclic) bond motifs is 1. The van der Waals surface area contributed by atoms with Gasteiger partial charge in [0.2, 0.25) is 5.91 Å². The van der Waals surface area contributed by atoms with E-state index in [9.17, 15) is 4.79 Å². The van der Waals surface area contributed by atoms with Gasteiger partial charge in [0.25, 0.3) is 0 Å². The monoisotopic (exact) mass is 490 g/mol. The molecular weight excluding hydrogens is 455 g/mol. The number of carbonyl (C=O) groups excluding carboxylic acids is 1. The van der Waals surface area contributed by atoms with Crippen molar-refractivity contribution in [1.82, 2.24) is 15.5 Å². The number of hydrogen-bond acceptors (Lipinski definition) is 3. The highest BCUT2D eigenvalue weighted by Crippen LogP contribution is 2.51. The van der Waals surface area contributed by atoms with Crippen LogP contribution in [0.5, 0.6) is 0 Å². The fraction of sp³-hybridized carbons (Fsp3) is 0.900. The first-order valence-corrected chi connectivity index (χ1v) is 10.4. The Kier molecular flexibility index (Phi) is 6.60. The molecule has 27 heavy (non-hydrogen) atoms. The molecule has 4 aliphatic rings. The van der Waals surface area contributed by atoms with Crippen molar-refractivity contribution in [2.45, 2.75) is 70.6 Å². The highest BCUT2D eigenvalue weighted by Gasteiger charge is 2.58. The minimum atomic E-state index is 0. The van der Waals surface area contributed by atoms with Crippen molar-refractivity contribution in [3.05, 3.63) is 0 Å². The van der Waals surface area contributed by atoms with E-state index < -0.39 is 0 Å². The van der Waals surface area contributed by atoms with Gasteiger partial charge in [-0.25, -0.2) is 0 Å². The first kappa shape index (κ1) is 21.1. The van der Waals surface area contributed by atoms with Crippen molar-refractivity contribution >= 4 is 35.8 Å². The smallest absolute Gasteiger partial charge is 0.225 e. The van der Waals surface area contributed by atoms with Gasteiger partial charge >= 0.3 is 0 Å². The van der Waals surface area contributed by atoms with Crippen molar-refractivity contribution < 1.29 is 9.53 Å². The van der Waals surface area contributed by atoms with E-state index in [-0.39, 0.29) is 29.4 Å². The van der Waals surface area contributed by atoms with Crippen LogP contribution < -0.4 is 10.6 Å². The van der Waals surface area contributed by atoms with Gasteiger partial charge in [-0.05, 0) is 38.5 Å². The van der Waals surface area contributed by atoms with Gasteiger partial charge in [0.15, 0.2) is 5.96 Å². The van der Waals surface area contributed by atoms with E-state index in [2.05, 4.69) is 34.4 Å². The minimum absolute atomic E-state index is 0. The summed E-state index contributed by atoms with van der Waals surface area (Å²) in [5.74, 6) is 2.21. The lowest BCUT2D eigenvalue weighted by Crippen LogP contribution is -2.71. The minimum Gasteiger partial charge on any atom is -0.377 e. The second-order valence-corrected chi connectivity index (χ2v) is 9.13. The number of nitrogens with zero attached hydrogens (tertiary/aromatic N) is 2. The van der Waals surface area contributed by atoms with E-state index in [0.29, 0.717) is 35.9 Å². The Labute approximate surface area is 180 Å². The lowest BCUT2D eigenvalue weighted by molar-refractivity contribution is -0.188. The molecule has 6 nitrogen and oxygen atoms in total. The lowest BCUT2D eigenvalue weighted by Gasteiger charge is -2.60. The number of piperidine rings is 1. The standard InChI is InChI=1S/C20H34N4O2.HI/c1-20(2)16(15-5-4-12-26-17(15)20)23-19(21-3)22-14-8-10-24(11-9-14)18(25)13-6-7-13;/h13-17H,4-12H2,1-3H3,(H2,21,22,23);1H. The van der Waals surface area contributed by atoms with Gasteiger partial charge in [-0.15, -0.1) is 24.0 Å². The number of nitrogens with one attached hydrogen (secondary N) is 2. The molecule has 0 spiro atoms. The molecule has 0 aromatic carbocycles. The molecule has 2 aliphatic heterocycles. The van der Waals surface area contributed by atoms with Crippen molar-refractivity contribution in [3.63, 3.8) is 0 Å². The van der Waals surface area contributed by atoms with Gasteiger partial charge in [0, 0.05) is 56.1 Å². The van der Waals surface area contributed by atoms with Gasteiger partial charge in [0.05, 0.1) is 6.10 Å². The summed E-state index contributed by atoms with van der Waals surface area (Å²) in [6.07, 6.45) is 6.97. The van der Waals surface area contributed by atoms with Crippen LogP contribution in [0.2, 0.25) is 0 Å². The van der Waals surface area contributed by atoms with E-state index in [1.807, 2.05) is 7.05 Å². The first-order valence-electron chi connectivity index (χ1n) is 10.4. The molecule has 4 fully saturated rings. The SMILES string of the molecule is CN=C(NC1CCN(C(=O)C2CC2)CC1)NC1C2CCCOC2C1(C)C.I. The number of halogens is 1. The molecule has 2 saturated carbocycles. The normalized spacial score (nSPS) is 33.4. The molecule has 7 heteroatoms. The number of ether oxygens (including phenoxy) is 1. The van der Waals surface area contributed by atoms with Gasteiger partial charge in [-0.1, -0.05) is 13.8 Å². The molecule has 3 atom stereocenters. The van der Waals surface area contributed by atoms with Crippen molar-refractivity contribution in [2.75, 3.05) is 26.7 Å². The highest BCUT2D eigenvalue weighted by atomic mass is 127. The maximum Gasteiger partial charge on any atom is 0.225 e. The zero-order valence-corrected chi connectivity index (χ0v) is 19.2. The molecule has 3 unspecified atom stereocenters. The second-order valence-electron chi connectivity index (χ2n) is 9.13. The van der Waals surface area contributed by atoms with Crippen LogP contribution in [0.25, 0.3) is 0 Å². The summed E-state index contributed by atoms with van der Waals surface area (Å²) < 4.78 is 6.01. The lowest BCUT2D eigenvalue weighted by atomic mass is 9.55. The summed E-state index contributed by atoms with van der Waals surface area (Å²) in [4.78, 5) is 18.7. The predicted octanol–water partition coefficient (Wildman–Crippen LogP) is 2.37. The largest absolute Gasteiger partial charge is 0.377 e. The summed E-state index contributed by atoms with van der Waals surface area (Å²) in [6, 6.07) is 0.807. The summed E-state index contributed by atoms with van der Waals surface area (Å²) in [7, 11) is 1.85. The van der Waals surface area contributed by atoms with Crippen LogP contribution in [0, 0.1) is 17.3 Å². The molecule has 1 amide bonds. The molecule has 2 heterocycles. The van der Waals surface area contributed by atoms with Crippen LogP contribution >= 0.6 is 24.0 Å². The topological polar surface area (TPSA) is 66.0 Å². The molecule has 2 aliphatic carbocycles. The number of likely N-dealkylation sites (tertiary alicyclic amines) is 1. The number of amides is 1. The fourth-order valence-corrected chi connectivity index (χ4v) is 5.16. The fourth-order valence-electron chi connectivity index (χ4n) is 5.16. The number of aliphatic imine (C=N–C) groups is 1. The van der Waals surface area contributed by atoms with Crippen LogP contribution in [0.3, 0.4) is 0 Å². The van der Waals surface area contributed by atoms with Crippen LogP contribution in [0.1, 0.15) is 52.4 Å². The summed E-state index contributed by atoms with van der Waals surface area (Å²) in [5, 5.41) is 7.28. The van der Waals surface area contributed by atoms with Crippen LogP contribution in [-0.2, 0) is 9.53 Å². The molecule has 0 radical (unpaired) electrons. The average Bonchev–Trinajstić information content (AvgIpc) is 3.50. The van der Waals surface area contributed by atoms with Crippen molar-refractivity contribution in [2.24, 2.45) is 22.2 Å². The summed E-state index contributed by atoms with van der Waals surface area (Å²) >= 11 is 0. The highest BCUT2D eigenvalue weighted by molar-refractivity contribution is 14.0. The zero-order chi connectivity index (χ0) is 18.3. The molecule has 2 N–H and O–H groups in total. The first-order chi connectivity index (χ1) is 12.5. The number of carbonyl (C=O) groups is 1. The van der Waals surface area contributed by atoms with Gasteiger partial charge in [-0.2, -0.15) is 0 Å². The molecule has 0 aromatic rings. The third kappa shape index (κ3) is 4.23. The van der Waals surface area contributed by atoms with E-state index in [4.69, 9.17) is 4.74 Å². The Morgan fingerprint density at radius 1 is 1.11 bits per heavy atom. The Morgan fingerprint density at radius 2 is 1.81 bits per heavy atom. The Morgan fingerprint density at radius 3 is 2.44 bits per heavy atom. The van der Waals surface area contributed by atoms with E-state index in [1.54, 1.807) is 0 Å². The van der Waals surface area contributed by atoms with Crippen LogP contribution in [0.4, 0.5) is 0 Å². The summed E-state index contributed by atoms with van der Waals surface area (Å²) in [6.45, 7) is 7.25. The van der Waals surface area contributed by atoms with E-state index in [1.165, 1.54) is 6.42 Å². The van der Waals surface area contributed by atoms with E-state index in [0.717, 1.165) is 57.8 Å². The van der Waals surface area contributed by atoms with Gasteiger partial charge in [-0.3, -0.25) is 9.79 Å². The molecular formula is C20H35IN4O2. The summed E-state index contributed by atoms with van der Waals surface area (Å²) in [5.41, 5.74) is 0.142. The number of guanidine groups is 1. The molecule has 154 valence electrons. The predicted molar refractivity (Wildman–Crippen MR) is 117 cm³/mol. The number of rotatable bonds is 3. The van der Waals surface area contributed by atoms with E-state index >= 15 is 0 Å². The van der Waals surface area contributed by atoms with Gasteiger partial charge in [0.1, 0.15) is 0 Å². The van der Waals surface area contributed by atoms with Crippen LogP contribution in [0.15, 0.2) is 4.99 Å². The van der Waals surface area contributed by atoms with Crippen LogP contribution in [-0.4, -0.2) is 61.7 Å². The molecule has 2 saturated heterocycles.